The lowest BCUT2D eigenvalue weighted by molar-refractivity contribution is -0.221. The zero-order valence-corrected chi connectivity index (χ0v) is 15.6. The molecule has 1 aliphatic heterocycles. The maximum atomic E-state index is 11.6. The lowest BCUT2D eigenvalue weighted by Gasteiger charge is -2.32. The molecule has 1 saturated heterocycles. The van der Waals surface area contributed by atoms with Gasteiger partial charge >= 0.3 is 29.8 Å². The highest BCUT2D eigenvalue weighted by atomic mass is 16.8. The quantitative estimate of drug-likeness (QED) is 0.415. The van der Waals surface area contributed by atoms with Crippen LogP contribution in [-0.4, -0.2) is 67.2 Å². The number of ether oxygens (including phenoxy) is 6. The van der Waals surface area contributed by atoms with Gasteiger partial charge in [-0.25, -0.2) is 0 Å². The van der Waals surface area contributed by atoms with Gasteiger partial charge in [0.25, 0.3) is 0 Å². The number of carbonyl (C=O) groups is 5. The molecule has 1 aliphatic rings. The summed E-state index contributed by atoms with van der Waals surface area (Å²) in [5.74, 6) is -3.70. The summed E-state index contributed by atoms with van der Waals surface area (Å²) in [5.41, 5.74) is -1.76. The van der Waals surface area contributed by atoms with Crippen molar-refractivity contribution in [3.05, 3.63) is 0 Å². The minimum atomic E-state index is -1.76. The first-order valence-corrected chi connectivity index (χ1v) is 7.93. The monoisotopic (exact) mass is 390 g/mol. The summed E-state index contributed by atoms with van der Waals surface area (Å²) in [7, 11) is 0. The van der Waals surface area contributed by atoms with Gasteiger partial charge in [-0.1, -0.05) is 0 Å². The van der Waals surface area contributed by atoms with Gasteiger partial charge in [0.1, 0.15) is 13.2 Å². The van der Waals surface area contributed by atoms with Crippen molar-refractivity contribution in [1.82, 2.24) is 0 Å². The average molecular weight is 390 g/mol. The van der Waals surface area contributed by atoms with Crippen LogP contribution in [0.3, 0.4) is 0 Å². The van der Waals surface area contributed by atoms with Crippen LogP contribution in [-0.2, 0) is 52.4 Å². The van der Waals surface area contributed by atoms with Crippen molar-refractivity contribution in [1.29, 1.82) is 0 Å². The summed E-state index contributed by atoms with van der Waals surface area (Å²) in [4.78, 5) is 57.0. The third kappa shape index (κ3) is 6.51. The van der Waals surface area contributed by atoms with Crippen molar-refractivity contribution in [2.75, 3.05) is 13.2 Å². The topological polar surface area (TPSA) is 141 Å². The van der Waals surface area contributed by atoms with E-state index < -0.39 is 67.2 Å². The highest BCUT2D eigenvalue weighted by Crippen LogP contribution is 2.37. The molecule has 0 aliphatic carbocycles. The van der Waals surface area contributed by atoms with Crippen LogP contribution in [0, 0.1) is 0 Å². The third-order valence-corrected chi connectivity index (χ3v) is 3.35. The summed E-state index contributed by atoms with van der Waals surface area (Å²) in [6, 6.07) is 0. The summed E-state index contributed by atoms with van der Waals surface area (Å²) >= 11 is 0. The fraction of sp³-hybridized carbons (Fsp3) is 0.688. The number of hydrogen-bond acceptors (Lipinski definition) is 11. The highest BCUT2D eigenvalue weighted by molar-refractivity contribution is 5.69. The fourth-order valence-electron chi connectivity index (χ4n) is 2.45. The molecule has 1 heterocycles. The van der Waals surface area contributed by atoms with Crippen LogP contribution in [0.2, 0.25) is 0 Å². The van der Waals surface area contributed by atoms with Gasteiger partial charge in [-0.3, -0.25) is 24.0 Å². The first-order valence-electron chi connectivity index (χ1n) is 7.93. The fourth-order valence-corrected chi connectivity index (χ4v) is 2.45. The molecule has 3 atom stereocenters. The van der Waals surface area contributed by atoms with E-state index in [4.69, 9.17) is 28.4 Å². The molecule has 0 aromatic carbocycles. The summed E-state index contributed by atoms with van der Waals surface area (Å²) in [6.07, 6.45) is -4.25. The van der Waals surface area contributed by atoms with Crippen molar-refractivity contribution in [2.24, 2.45) is 0 Å². The molecule has 1 fully saturated rings. The minimum absolute atomic E-state index is 0.525. The van der Waals surface area contributed by atoms with Gasteiger partial charge in [-0.15, -0.1) is 0 Å². The average Bonchev–Trinajstić information content (AvgIpc) is 2.76. The number of hydrogen-bond donors (Lipinski definition) is 0. The Labute approximate surface area is 155 Å². The molecule has 27 heavy (non-hydrogen) atoms. The first-order chi connectivity index (χ1) is 12.5. The number of carbonyl (C=O) groups excluding carboxylic acids is 5. The molecule has 0 aromatic heterocycles. The predicted molar refractivity (Wildman–Crippen MR) is 83.7 cm³/mol. The Balaban J connectivity index is 3.34. The molecule has 0 aromatic rings. The van der Waals surface area contributed by atoms with Crippen LogP contribution < -0.4 is 0 Å². The van der Waals surface area contributed by atoms with Gasteiger partial charge in [0.2, 0.25) is 12.4 Å². The van der Waals surface area contributed by atoms with Gasteiger partial charge < -0.3 is 28.4 Å². The molecule has 1 rings (SSSR count). The second kappa shape index (κ2) is 9.31. The van der Waals surface area contributed by atoms with Gasteiger partial charge in [0.15, 0.2) is 11.7 Å². The smallest absolute Gasteiger partial charge is 0.305 e. The van der Waals surface area contributed by atoms with Crippen LogP contribution in [0.4, 0.5) is 0 Å². The molecular weight excluding hydrogens is 368 g/mol. The highest BCUT2D eigenvalue weighted by Gasteiger charge is 2.62. The third-order valence-electron chi connectivity index (χ3n) is 3.35. The Morgan fingerprint density at radius 1 is 0.704 bits per heavy atom. The Bertz CT molecular complexity index is 593. The molecule has 0 bridgehead atoms. The predicted octanol–water partition coefficient (Wildman–Crippen LogP) is -0.366. The molecule has 0 N–H and O–H groups in total. The van der Waals surface area contributed by atoms with Crippen LogP contribution in [0.1, 0.15) is 34.6 Å². The van der Waals surface area contributed by atoms with E-state index in [-0.39, 0.29) is 0 Å². The van der Waals surface area contributed by atoms with E-state index in [9.17, 15) is 24.0 Å². The van der Waals surface area contributed by atoms with Gasteiger partial charge in [0.05, 0.1) is 0 Å². The maximum absolute atomic E-state index is 11.6. The zero-order valence-electron chi connectivity index (χ0n) is 15.6. The van der Waals surface area contributed by atoms with E-state index in [1.54, 1.807) is 0 Å². The summed E-state index contributed by atoms with van der Waals surface area (Å²) in [5, 5.41) is 0. The van der Waals surface area contributed by atoms with Crippen molar-refractivity contribution in [3.8, 4) is 0 Å². The molecule has 1 unspecified atom stereocenters. The number of rotatable bonds is 7. The van der Waals surface area contributed by atoms with Gasteiger partial charge in [-0.05, 0) is 0 Å². The van der Waals surface area contributed by atoms with E-state index in [0.29, 0.717) is 0 Å². The van der Waals surface area contributed by atoms with E-state index in [2.05, 4.69) is 0 Å². The maximum Gasteiger partial charge on any atom is 0.305 e. The Morgan fingerprint density at radius 3 is 1.52 bits per heavy atom. The molecule has 0 saturated carbocycles. The van der Waals surface area contributed by atoms with E-state index >= 15 is 0 Å². The van der Waals surface area contributed by atoms with E-state index in [1.165, 1.54) is 0 Å². The van der Waals surface area contributed by atoms with Crippen LogP contribution in [0.15, 0.2) is 0 Å². The number of esters is 5. The van der Waals surface area contributed by atoms with E-state index in [0.717, 1.165) is 34.6 Å². The lowest BCUT2D eigenvalue weighted by Crippen LogP contribution is -2.53. The van der Waals surface area contributed by atoms with Gasteiger partial charge in [0, 0.05) is 34.6 Å². The molecular formula is C16H22O11. The Kier molecular flexibility index (Phi) is 7.70. The van der Waals surface area contributed by atoms with Crippen molar-refractivity contribution in [3.63, 3.8) is 0 Å². The zero-order chi connectivity index (χ0) is 20.8. The largest absolute Gasteiger partial charge is 0.462 e. The minimum Gasteiger partial charge on any atom is -0.462 e. The van der Waals surface area contributed by atoms with Crippen LogP contribution in [0.5, 0.6) is 0 Å². The summed E-state index contributed by atoms with van der Waals surface area (Å²) in [6.45, 7) is 4.48. The normalized spacial score (nSPS) is 23.1. The van der Waals surface area contributed by atoms with Crippen molar-refractivity contribution in [2.45, 2.75) is 58.7 Å². The van der Waals surface area contributed by atoms with Gasteiger partial charge in [-0.2, -0.15) is 0 Å². The van der Waals surface area contributed by atoms with Crippen molar-refractivity contribution >= 4 is 29.8 Å². The Morgan fingerprint density at radius 2 is 1.15 bits per heavy atom. The second-order valence-electron chi connectivity index (χ2n) is 5.83. The van der Waals surface area contributed by atoms with E-state index in [1.807, 2.05) is 0 Å². The SMILES string of the molecule is CC(=O)OCC1(COC(C)=O)OC(OC(C)=O)[C@H](OC(C)=O)[C@H]1OC(C)=O. The van der Waals surface area contributed by atoms with Crippen LogP contribution >= 0.6 is 0 Å². The Hall–Kier alpha value is -2.69. The molecule has 0 radical (unpaired) electrons. The molecule has 11 nitrogen and oxygen atoms in total. The standard InChI is InChI=1S/C16H22O11/c1-8(17)22-6-16(7-23-9(2)18)14(25-11(4)20)13(24-10(3)19)15(27-16)26-12(5)21/h13-15H,6-7H2,1-5H3/t13-,14-,15?/m1/s1. The first kappa shape index (κ1) is 22.4. The molecule has 0 amide bonds. The molecule has 11 heteroatoms. The van der Waals surface area contributed by atoms with Crippen molar-refractivity contribution < 1.29 is 52.4 Å². The molecule has 152 valence electrons. The molecule has 0 spiro atoms. The second-order valence-corrected chi connectivity index (χ2v) is 5.83. The summed E-state index contributed by atoms with van der Waals surface area (Å²) < 4.78 is 30.8. The van der Waals surface area contributed by atoms with Crippen LogP contribution in [0.25, 0.3) is 0 Å². The lowest BCUT2D eigenvalue weighted by atomic mass is 9.96.